The first-order valence-corrected chi connectivity index (χ1v) is 11.5. The van der Waals surface area contributed by atoms with E-state index in [2.05, 4.69) is 15.7 Å². The molecular weight excluding hydrogens is 460 g/mol. The molecule has 182 valence electrons. The molecule has 0 unspecified atom stereocenters. The zero-order valence-corrected chi connectivity index (χ0v) is 19.6. The maximum atomic E-state index is 12.9. The first-order chi connectivity index (χ1) is 17.6. The van der Waals surface area contributed by atoms with Gasteiger partial charge in [-0.15, -0.1) is 0 Å². The largest absolute Gasteiger partial charge is 0.485 e. The van der Waals surface area contributed by atoms with Crippen LogP contribution in [0.5, 0.6) is 5.75 Å². The van der Waals surface area contributed by atoms with E-state index >= 15 is 0 Å². The highest BCUT2D eigenvalue weighted by molar-refractivity contribution is 6.07. The van der Waals surface area contributed by atoms with Crippen LogP contribution in [-0.2, 0) is 19.7 Å². The van der Waals surface area contributed by atoms with E-state index in [0.29, 0.717) is 18.1 Å². The zero-order valence-electron chi connectivity index (χ0n) is 19.6. The number of hydrogen-bond donors (Lipinski definition) is 2. The van der Waals surface area contributed by atoms with Gasteiger partial charge in [-0.2, -0.15) is 5.10 Å². The lowest BCUT2D eigenvalue weighted by Crippen LogP contribution is -2.25. The molecule has 0 aliphatic carbocycles. The van der Waals surface area contributed by atoms with Crippen LogP contribution in [0.3, 0.4) is 0 Å². The molecule has 9 heteroatoms. The number of aromatic nitrogens is 2. The molecule has 0 saturated carbocycles. The minimum atomic E-state index is -0.498. The van der Waals surface area contributed by atoms with Gasteiger partial charge in [-0.1, -0.05) is 36.4 Å². The van der Waals surface area contributed by atoms with Gasteiger partial charge < -0.3 is 24.2 Å². The van der Waals surface area contributed by atoms with Crippen LogP contribution < -0.4 is 15.4 Å². The summed E-state index contributed by atoms with van der Waals surface area (Å²) in [5, 5.41) is 11.8. The number of carbonyl (C=O) groups is 2. The van der Waals surface area contributed by atoms with Crippen LogP contribution in [0.1, 0.15) is 39.5 Å². The Labute approximate surface area is 206 Å². The van der Waals surface area contributed by atoms with E-state index in [1.54, 1.807) is 35.1 Å². The second kappa shape index (κ2) is 10.2. The molecule has 5 aromatic rings. The van der Waals surface area contributed by atoms with Crippen LogP contribution in [0.15, 0.2) is 88.0 Å². The van der Waals surface area contributed by atoms with Crippen molar-refractivity contribution in [3.05, 3.63) is 102 Å². The van der Waals surface area contributed by atoms with E-state index in [1.165, 1.54) is 6.26 Å². The van der Waals surface area contributed by atoms with Crippen molar-refractivity contribution < 1.29 is 23.2 Å². The van der Waals surface area contributed by atoms with Crippen molar-refractivity contribution in [2.75, 3.05) is 5.32 Å². The van der Waals surface area contributed by atoms with Gasteiger partial charge in [0.2, 0.25) is 0 Å². The van der Waals surface area contributed by atoms with E-state index in [-0.39, 0.29) is 30.3 Å². The maximum absolute atomic E-state index is 12.9. The highest BCUT2D eigenvalue weighted by Gasteiger charge is 2.21. The summed E-state index contributed by atoms with van der Waals surface area (Å²) in [7, 11) is 0. The number of nitrogens with zero attached hydrogens (tertiary/aromatic N) is 2. The summed E-state index contributed by atoms with van der Waals surface area (Å²) >= 11 is 0. The van der Waals surface area contributed by atoms with Crippen LogP contribution in [-0.4, -0.2) is 21.6 Å². The minimum Gasteiger partial charge on any atom is -0.485 e. The molecule has 2 N–H and O–H groups in total. The molecule has 0 radical (unpaired) electrons. The molecule has 0 aliphatic heterocycles. The summed E-state index contributed by atoms with van der Waals surface area (Å²) in [5.41, 5.74) is 0.381. The Bertz CT molecular complexity index is 1490. The van der Waals surface area contributed by atoms with Gasteiger partial charge in [-0.25, -0.2) is 0 Å². The lowest BCUT2D eigenvalue weighted by Gasteiger charge is -2.08. The van der Waals surface area contributed by atoms with Gasteiger partial charge in [0.05, 0.1) is 18.5 Å². The number of carbonyl (C=O) groups excluding carboxylic acids is 2. The standard InChI is InChI=1S/C27H24N4O5/c1-2-31-16-22(25(30-31)27(33)28-15-19-9-6-14-34-19)29-26(32)24-13-12-20(36-24)17-35-23-11-5-8-18-7-3-4-10-21(18)23/h3-14,16H,2,15,17H2,1H3,(H,28,33)(H,29,32). The van der Waals surface area contributed by atoms with E-state index in [9.17, 15) is 9.59 Å². The third-order valence-corrected chi connectivity index (χ3v) is 5.56. The number of fused-ring (bicyclic) bond motifs is 1. The molecule has 0 saturated heterocycles. The number of benzene rings is 2. The number of ether oxygens (including phenoxy) is 1. The molecule has 9 nitrogen and oxygen atoms in total. The lowest BCUT2D eigenvalue weighted by atomic mass is 10.1. The minimum absolute atomic E-state index is 0.0951. The van der Waals surface area contributed by atoms with Crippen LogP contribution in [0.2, 0.25) is 0 Å². The van der Waals surface area contributed by atoms with Crippen LogP contribution >= 0.6 is 0 Å². The zero-order chi connectivity index (χ0) is 24.9. The quantitative estimate of drug-likeness (QED) is 0.304. The number of nitrogens with one attached hydrogen (secondary N) is 2. The van der Waals surface area contributed by atoms with Crippen molar-refractivity contribution in [3.63, 3.8) is 0 Å². The van der Waals surface area contributed by atoms with E-state index in [4.69, 9.17) is 13.6 Å². The number of anilines is 1. The summed E-state index contributed by atoms with van der Waals surface area (Å²) in [4.78, 5) is 25.6. The Morgan fingerprint density at radius 3 is 2.67 bits per heavy atom. The van der Waals surface area contributed by atoms with Crippen molar-refractivity contribution in [2.45, 2.75) is 26.6 Å². The Morgan fingerprint density at radius 1 is 0.972 bits per heavy atom. The van der Waals surface area contributed by atoms with Crippen molar-refractivity contribution in [3.8, 4) is 5.75 Å². The van der Waals surface area contributed by atoms with E-state index < -0.39 is 11.8 Å². The van der Waals surface area contributed by atoms with Gasteiger partial charge >= 0.3 is 0 Å². The van der Waals surface area contributed by atoms with Crippen molar-refractivity contribution in [2.24, 2.45) is 0 Å². The number of amides is 2. The number of hydrogen-bond acceptors (Lipinski definition) is 6. The van der Waals surface area contributed by atoms with Crippen LogP contribution in [0, 0.1) is 0 Å². The molecule has 0 aliphatic rings. The summed E-state index contributed by atoms with van der Waals surface area (Å²) in [6.07, 6.45) is 3.14. The Morgan fingerprint density at radius 2 is 1.83 bits per heavy atom. The van der Waals surface area contributed by atoms with Gasteiger partial charge in [-0.05, 0) is 42.6 Å². The van der Waals surface area contributed by atoms with E-state index in [0.717, 1.165) is 16.5 Å². The Balaban J connectivity index is 1.25. The highest BCUT2D eigenvalue weighted by atomic mass is 16.5. The molecular formula is C27H24N4O5. The fourth-order valence-corrected chi connectivity index (χ4v) is 3.74. The van der Waals surface area contributed by atoms with Crippen molar-refractivity contribution >= 4 is 28.3 Å². The summed E-state index contributed by atoms with van der Waals surface area (Å²) in [5.74, 6) is 0.997. The summed E-state index contributed by atoms with van der Waals surface area (Å²) in [6, 6.07) is 20.5. The number of rotatable bonds is 9. The third-order valence-electron chi connectivity index (χ3n) is 5.56. The molecule has 2 amide bonds. The number of aryl methyl sites for hydroxylation is 1. The predicted octanol–water partition coefficient (Wildman–Crippen LogP) is 5.00. The van der Waals surface area contributed by atoms with Crippen molar-refractivity contribution in [1.29, 1.82) is 0 Å². The molecule has 2 aromatic carbocycles. The molecule has 3 heterocycles. The Hall–Kier alpha value is -4.79. The highest BCUT2D eigenvalue weighted by Crippen LogP contribution is 2.26. The summed E-state index contributed by atoms with van der Waals surface area (Å²) < 4.78 is 18.5. The molecule has 5 rings (SSSR count). The fourth-order valence-electron chi connectivity index (χ4n) is 3.74. The summed E-state index contributed by atoms with van der Waals surface area (Å²) in [6.45, 7) is 2.79. The molecule has 0 bridgehead atoms. The maximum Gasteiger partial charge on any atom is 0.291 e. The van der Waals surface area contributed by atoms with E-state index in [1.807, 2.05) is 49.4 Å². The van der Waals surface area contributed by atoms with Crippen molar-refractivity contribution in [1.82, 2.24) is 15.1 Å². The van der Waals surface area contributed by atoms with Crippen LogP contribution in [0.25, 0.3) is 10.8 Å². The second-order valence-electron chi connectivity index (χ2n) is 8.00. The molecule has 3 aromatic heterocycles. The monoisotopic (exact) mass is 484 g/mol. The average molecular weight is 485 g/mol. The fraction of sp³-hybridized carbons (Fsp3) is 0.148. The topological polar surface area (TPSA) is 112 Å². The Kier molecular flexibility index (Phi) is 6.53. The molecule has 0 fully saturated rings. The first-order valence-electron chi connectivity index (χ1n) is 11.5. The van der Waals surface area contributed by atoms with Gasteiger partial charge in [0.1, 0.15) is 23.9 Å². The smallest absolute Gasteiger partial charge is 0.291 e. The normalized spacial score (nSPS) is 10.9. The lowest BCUT2D eigenvalue weighted by molar-refractivity contribution is 0.0943. The van der Waals surface area contributed by atoms with Gasteiger partial charge in [0.25, 0.3) is 11.8 Å². The third kappa shape index (κ3) is 5.00. The van der Waals surface area contributed by atoms with Gasteiger partial charge in [0.15, 0.2) is 11.5 Å². The molecule has 0 spiro atoms. The molecule has 36 heavy (non-hydrogen) atoms. The van der Waals surface area contributed by atoms with Gasteiger partial charge in [0, 0.05) is 18.1 Å². The number of furan rings is 2. The second-order valence-corrected chi connectivity index (χ2v) is 8.00. The molecule has 0 atom stereocenters. The first kappa shape index (κ1) is 23.0. The average Bonchev–Trinajstić information content (AvgIpc) is 3.67. The predicted molar refractivity (Wildman–Crippen MR) is 133 cm³/mol. The SMILES string of the molecule is CCn1cc(NC(=O)c2ccc(COc3cccc4ccccc34)o2)c(C(=O)NCc2ccco2)n1. The van der Waals surface area contributed by atoms with Crippen LogP contribution in [0.4, 0.5) is 5.69 Å². The van der Waals surface area contributed by atoms with Gasteiger partial charge in [-0.3, -0.25) is 14.3 Å².